The van der Waals surface area contributed by atoms with Crippen LogP contribution < -0.4 is 10.6 Å². The number of hydrogen-bond acceptors (Lipinski definition) is 2. The second kappa shape index (κ2) is 8.79. The topological polar surface area (TPSA) is 44.4 Å². The molecule has 0 radical (unpaired) electrons. The van der Waals surface area contributed by atoms with Gasteiger partial charge < -0.3 is 15.5 Å². The van der Waals surface area contributed by atoms with Gasteiger partial charge in [0, 0.05) is 13.1 Å². The Labute approximate surface area is 135 Å². The van der Waals surface area contributed by atoms with Crippen LogP contribution in [0.4, 0.5) is 4.79 Å². The van der Waals surface area contributed by atoms with Gasteiger partial charge in [-0.3, -0.25) is 0 Å². The van der Waals surface area contributed by atoms with Gasteiger partial charge in [0.15, 0.2) is 0 Å². The van der Waals surface area contributed by atoms with Gasteiger partial charge in [0.2, 0.25) is 0 Å². The Morgan fingerprint density at radius 3 is 2.18 bits per heavy atom. The Kier molecular flexibility index (Phi) is 7.39. The minimum absolute atomic E-state index is 0.0786. The van der Waals surface area contributed by atoms with E-state index < -0.39 is 0 Å². The Hall–Kier alpha value is -1.55. The van der Waals surface area contributed by atoms with Crippen molar-refractivity contribution in [3.63, 3.8) is 0 Å². The number of nitrogens with zero attached hydrogens (tertiary/aromatic N) is 1. The molecule has 0 atom stereocenters. The highest BCUT2D eigenvalue weighted by Crippen LogP contribution is 2.22. The maximum absolute atomic E-state index is 11.6. The Morgan fingerprint density at radius 1 is 1.05 bits per heavy atom. The van der Waals surface area contributed by atoms with Gasteiger partial charge in [-0.25, -0.2) is 4.79 Å². The average Bonchev–Trinajstić information content (AvgIpc) is 2.43. The van der Waals surface area contributed by atoms with Gasteiger partial charge in [0.1, 0.15) is 0 Å². The van der Waals surface area contributed by atoms with Crippen LogP contribution in [0.15, 0.2) is 24.3 Å². The highest BCUT2D eigenvalue weighted by Gasteiger charge is 2.12. The zero-order valence-corrected chi connectivity index (χ0v) is 14.7. The number of amides is 2. The third-order valence-corrected chi connectivity index (χ3v) is 3.59. The normalized spacial score (nSPS) is 11.5. The summed E-state index contributed by atoms with van der Waals surface area (Å²) in [6.45, 7) is 9.00. The summed E-state index contributed by atoms with van der Waals surface area (Å²) in [5, 5.41) is 5.78. The van der Waals surface area contributed by atoms with Crippen LogP contribution >= 0.6 is 0 Å². The van der Waals surface area contributed by atoms with Crippen molar-refractivity contribution in [1.29, 1.82) is 0 Å². The molecule has 1 aromatic carbocycles. The maximum atomic E-state index is 11.6. The lowest BCUT2D eigenvalue weighted by atomic mass is 9.86. The summed E-state index contributed by atoms with van der Waals surface area (Å²) >= 11 is 0. The lowest BCUT2D eigenvalue weighted by molar-refractivity contribution is 0.240. The molecule has 0 aromatic heterocycles. The lowest BCUT2D eigenvalue weighted by Gasteiger charge is -2.19. The van der Waals surface area contributed by atoms with Gasteiger partial charge in [0.25, 0.3) is 0 Å². The van der Waals surface area contributed by atoms with E-state index in [1.807, 2.05) is 14.1 Å². The van der Waals surface area contributed by atoms with E-state index in [1.54, 1.807) is 0 Å². The zero-order chi connectivity index (χ0) is 16.6. The van der Waals surface area contributed by atoms with Crippen molar-refractivity contribution >= 4 is 6.03 Å². The molecule has 1 rings (SSSR count). The smallest absolute Gasteiger partial charge is 0.314 e. The highest BCUT2D eigenvalue weighted by molar-refractivity contribution is 5.73. The second-order valence-electron chi connectivity index (χ2n) is 7.04. The second-order valence-corrected chi connectivity index (χ2v) is 7.04. The number of nitrogens with one attached hydrogen (secondary N) is 2. The maximum Gasteiger partial charge on any atom is 0.314 e. The van der Waals surface area contributed by atoms with Crippen LogP contribution in [0.25, 0.3) is 0 Å². The molecule has 0 aliphatic rings. The summed E-state index contributed by atoms with van der Waals surface area (Å²) in [6.07, 6.45) is 1.82. The van der Waals surface area contributed by atoms with Crippen LogP contribution in [0.2, 0.25) is 0 Å². The molecule has 2 amide bonds. The first-order valence-electron chi connectivity index (χ1n) is 8.05. The lowest BCUT2D eigenvalue weighted by Crippen LogP contribution is -2.37. The predicted molar refractivity (Wildman–Crippen MR) is 93.4 cm³/mol. The van der Waals surface area contributed by atoms with E-state index in [9.17, 15) is 4.79 Å². The molecule has 0 aliphatic carbocycles. The summed E-state index contributed by atoms with van der Waals surface area (Å²) < 4.78 is 0. The van der Waals surface area contributed by atoms with Crippen molar-refractivity contribution in [1.82, 2.24) is 15.5 Å². The minimum Gasteiger partial charge on any atom is -0.338 e. The number of urea groups is 1. The van der Waals surface area contributed by atoms with E-state index in [0.717, 1.165) is 19.4 Å². The monoisotopic (exact) mass is 305 g/mol. The highest BCUT2D eigenvalue weighted by atomic mass is 16.2. The fourth-order valence-corrected chi connectivity index (χ4v) is 2.15. The van der Waals surface area contributed by atoms with Crippen molar-refractivity contribution in [3.8, 4) is 0 Å². The zero-order valence-electron chi connectivity index (χ0n) is 14.7. The Balaban J connectivity index is 2.22. The summed E-state index contributed by atoms with van der Waals surface area (Å²) in [4.78, 5) is 13.7. The van der Waals surface area contributed by atoms with Gasteiger partial charge in [-0.2, -0.15) is 0 Å². The minimum atomic E-state index is -0.0786. The van der Waals surface area contributed by atoms with Crippen LogP contribution in [0.1, 0.15) is 38.3 Å². The third kappa shape index (κ3) is 7.46. The third-order valence-electron chi connectivity index (χ3n) is 3.59. The first-order valence-corrected chi connectivity index (χ1v) is 8.05. The Bertz CT molecular complexity index is 446. The van der Waals surface area contributed by atoms with E-state index in [0.29, 0.717) is 13.1 Å². The van der Waals surface area contributed by atoms with Gasteiger partial charge in [0.05, 0.1) is 0 Å². The SMILES string of the molecule is CN(C)CCCNC(=O)NCCc1ccc(C(C)(C)C)cc1. The number of benzene rings is 1. The molecule has 124 valence electrons. The van der Waals surface area contributed by atoms with Crippen molar-refractivity contribution < 1.29 is 4.79 Å². The number of carbonyl (C=O) groups excluding carboxylic acids is 1. The molecule has 0 bridgehead atoms. The molecule has 0 fully saturated rings. The molecule has 2 N–H and O–H groups in total. The van der Waals surface area contributed by atoms with E-state index >= 15 is 0 Å². The summed E-state index contributed by atoms with van der Waals surface area (Å²) in [5.41, 5.74) is 2.77. The van der Waals surface area contributed by atoms with Crippen LogP contribution in [0, 0.1) is 0 Å². The van der Waals surface area contributed by atoms with E-state index in [-0.39, 0.29) is 11.4 Å². The molecule has 0 aliphatic heterocycles. The molecule has 22 heavy (non-hydrogen) atoms. The fourth-order valence-electron chi connectivity index (χ4n) is 2.15. The van der Waals surface area contributed by atoms with E-state index in [4.69, 9.17) is 0 Å². The van der Waals surface area contributed by atoms with Crippen LogP contribution in [0.3, 0.4) is 0 Å². The van der Waals surface area contributed by atoms with Crippen molar-refractivity contribution in [3.05, 3.63) is 35.4 Å². The van der Waals surface area contributed by atoms with Gasteiger partial charge in [-0.05, 0) is 50.0 Å². The summed E-state index contributed by atoms with van der Waals surface area (Å²) in [5.74, 6) is 0. The molecule has 0 heterocycles. The molecular formula is C18H31N3O. The first-order chi connectivity index (χ1) is 10.3. The van der Waals surface area contributed by atoms with Gasteiger partial charge >= 0.3 is 6.03 Å². The molecular weight excluding hydrogens is 274 g/mol. The number of carbonyl (C=O) groups is 1. The van der Waals surface area contributed by atoms with Crippen LogP contribution in [-0.4, -0.2) is 44.7 Å². The quantitative estimate of drug-likeness (QED) is 0.761. The number of rotatable bonds is 7. The van der Waals surface area contributed by atoms with Gasteiger partial charge in [-0.15, -0.1) is 0 Å². The largest absolute Gasteiger partial charge is 0.338 e. The Morgan fingerprint density at radius 2 is 1.64 bits per heavy atom. The van der Waals surface area contributed by atoms with E-state index in [2.05, 4.69) is 60.6 Å². The standard InChI is InChI=1S/C18H31N3O/c1-18(2,3)16-9-7-15(8-10-16)11-13-20-17(22)19-12-6-14-21(4)5/h7-10H,6,11-14H2,1-5H3,(H2,19,20,22). The van der Waals surface area contributed by atoms with Gasteiger partial charge in [-0.1, -0.05) is 45.0 Å². The summed E-state index contributed by atoms with van der Waals surface area (Å²) in [7, 11) is 4.07. The molecule has 0 saturated heterocycles. The average molecular weight is 305 g/mol. The predicted octanol–water partition coefficient (Wildman–Crippen LogP) is 2.78. The molecule has 4 heteroatoms. The van der Waals surface area contributed by atoms with E-state index in [1.165, 1.54) is 11.1 Å². The molecule has 0 saturated carbocycles. The van der Waals surface area contributed by atoms with Crippen molar-refractivity contribution in [2.75, 3.05) is 33.7 Å². The molecule has 4 nitrogen and oxygen atoms in total. The summed E-state index contributed by atoms with van der Waals surface area (Å²) in [6, 6.07) is 8.58. The van der Waals surface area contributed by atoms with Crippen molar-refractivity contribution in [2.24, 2.45) is 0 Å². The first kappa shape index (κ1) is 18.5. The van der Waals surface area contributed by atoms with Crippen molar-refractivity contribution in [2.45, 2.75) is 39.0 Å². The molecule has 0 unspecified atom stereocenters. The number of hydrogen-bond donors (Lipinski definition) is 2. The molecule has 1 aromatic rings. The van der Waals surface area contributed by atoms with Crippen LogP contribution in [0.5, 0.6) is 0 Å². The fraction of sp³-hybridized carbons (Fsp3) is 0.611. The molecule has 0 spiro atoms. The van der Waals surface area contributed by atoms with Crippen LogP contribution in [-0.2, 0) is 11.8 Å².